The highest BCUT2D eigenvalue weighted by Gasteiger charge is 2.38. The van der Waals surface area contributed by atoms with Crippen molar-refractivity contribution in [3.05, 3.63) is 60.2 Å². The lowest BCUT2D eigenvalue weighted by molar-refractivity contribution is -0.162. The summed E-state index contributed by atoms with van der Waals surface area (Å²) in [6, 6.07) is 18.0. The predicted octanol–water partition coefficient (Wildman–Crippen LogP) is 2.84. The lowest BCUT2D eigenvalue weighted by Crippen LogP contribution is -2.55. The van der Waals surface area contributed by atoms with E-state index in [0.717, 1.165) is 29.9 Å². The molecular formula is C28H36N2O6. The molecule has 3 aliphatic heterocycles. The lowest BCUT2D eigenvalue weighted by Gasteiger charge is -2.44. The van der Waals surface area contributed by atoms with Gasteiger partial charge in [0, 0.05) is 32.2 Å². The molecule has 1 N–H and O–H groups in total. The lowest BCUT2D eigenvalue weighted by atomic mass is 9.94. The zero-order valence-electron chi connectivity index (χ0n) is 20.7. The molecule has 0 radical (unpaired) electrons. The number of carbonyl (C=O) groups is 1. The summed E-state index contributed by atoms with van der Waals surface area (Å²) in [7, 11) is 0. The number of nitrogens with zero attached hydrogens (tertiary/aromatic N) is 2. The van der Waals surface area contributed by atoms with Crippen molar-refractivity contribution in [3.63, 3.8) is 0 Å². The second-order valence-corrected chi connectivity index (χ2v) is 9.82. The zero-order valence-corrected chi connectivity index (χ0v) is 20.7. The second kappa shape index (κ2) is 12.2. The number of morpholine rings is 1. The van der Waals surface area contributed by atoms with Crippen molar-refractivity contribution in [1.29, 1.82) is 0 Å². The Kier molecular flexibility index (Phi) is 8.51. The standard InChI is InChI=1S/C28H36N2O6/c31-22-18-30(17-21-6-8-24(9-7-21)35-23-4-2-1-3-5-23)26-11-10-25(36-27(26)20-34-19-22)16-28(32)29-12-14-33-15-13-29/h1-9,22,25-27,31H,10-20H2/t22-,25+,26+,27-/m1/s1. The van der Waals surface area contributed by atoms with Crippen molar-refractivity contribution >= 4 is 5.91 Å². The van der Waals surface area contributed by atoms with Gasteiger partial charge in [0.15, 0.2) is 0 Å². The van der Waals surface area contributed by atoms with Crippen LogP contribution in [0.4, 0.5) is 0 Å². The summed E-state index contributed by atoms with van der Waals surface area (Å²) < 4.78 is 23.5. The van der Waals surface area contributed by atoms with Crippen LogP contribution in [0, 0.1) is 0 Å². The number of rotatable bonds is 6. The van der Waals surface area contributed by atoms with E-state index in [1.807, 2.05) is 47.4 Å². The van der Waals surface area contributed by atoms with E-state index in [9.17, 15) is 9.90 Å². The Labute approximate surface area is 212 Å². The normalized spacial score (nSPS) is 27.5. The Morgan fingerprint density at radius 1 is 0.944 bits per heavy atom. The van der Waals surface area contributed by atoms with E-state index in [-0.39, 0.29) is 30.8 Å². The van der Waals surface area contributed by atoms with Gasteiger partial charge in [-0.1, -0.05) is 30.3 Å². The highest BCUT2D eigenvalue weighted by molar-refractivity contribution is 5.76. The molecule has 194 valence electrons. The van der Waals surface area contributed by atoms with E-state index >= 15 is 0 Å². The van der Waals surface area contributed by atoms with Crippen LogP contribution < -0.4 is 4.74 Å². The number of benzene rings is 2. The predicted molar refractivity (Wildman–Crippen MR) is 134 cm³/mol. The second-order valence-electron chi connectivity index (χ2n) is 9.82. The van der Waals surface area contributed by atoms with Crippen molar-refractivity contribution in [2.75, 3.05) is 46.1 Å². The number of hydrogen-bond acceptors (Lipinski definition) is 7. The summed E-state index contributed by atoms with van der Waals surface area (Å²) in [6.07, 6.45) is 1.33. The Hall–Kier alpha value is -2.49. The van der Waals surface area contributed by atoms with Crippen LogP contribution in [0.5, 0.6) is 11.5 Å². The average molecular weight is 497 g/mol. The van der Waals surface area contributed by atoms with Gasteiger partial charge < -0.3 is 29.0 Å². The highest BCUT2D eigenvalue weighted by Crippen LogP contribution is 2.30. The molecule has 4 atom stereocenters. The van der Waals surface area contributed by atoms with Crippen molar-refractivity contribution in [3.8, 4) is 11.5 Å². The highest BCUT2D eigenvalue weighted by atomic mass is 16.5. The number of amides is 1. The van der Waals surface area contributed by atoms with Gasteiger partial charge in [-0.3, -0.25) is 9.69 Å². The number of para-hydroxylation sites is 1. The molecule has 3 aliphatic rings. The molecule has 0 bridgehead atoms. The molecule has 1 amide bonds. The molecule has 8 nitrogen and oxygen atoms in total. The molecule has 0 aromatic heterocycles. The smallest absolute Gasteiger partial charge is 0.225 e. The first-order valence-corrected chi connectivity index (χ1v) is 13.0. The summed E-state index contributed by atoms with van der Waals surface area (Å²) >= 11 is 0. The minimum Gasteiger partial charge on any atom is -0.457 e. The van der Waals surface area contributed by atoms with E-state index in [0.29, 0.717) is 52.4 Å². The number of β-amino-alcohol motifs (C(OH)–C–C–N with tert-alkyl or cyclic N) is 1. The molecule has 8 heteroatoms. The van der Waals surface area contributed by atoms with Gasteiger partial charge in [0.05, 0.1) is 51.2 Å². The first-order chi connectivity index (χ1) is 17.6. The van der Waals surface area contributed by atoms with E-state index in [4.69, 9.17) is 18.9 Å². The van der Waals surface area contributed by atoms with E-state index in [2.05, 4.69) is 17.0 Å². The molecule has 2 aromatic rings. The van der Waals surface area contributed by atoms with E-state index < -0.39 is 6.10 Å². The Balaban J connectivity index is 1.21. The molecule has 0 unspecified atom stereocenters. The third-order valence-corrected chi connectivity index (χ3v) is 7.14. The summed E-state index contributed by atoms with van der Waals surface area (Å²) in [5, 5.41) is 10.5. The maximum absolute atomic E-state index is 12.7. The average Bonchev–Trinajstić information content (AvgIpc) is 2.90. The quantitative estimate of drug-likeness (QED) is 0.659. The first-order valence-electron chi connectivity index (χ1n) is 13.0. The van der Waals surface area contributed by atoms with Gasteiger partial charge in [-0.2, -0.15) is 0 Å². The Bertz CT molecular complexity index is 966. The molecule has 3 saturated heterocycles. The number of hydrogen-bond donors (Lipinski definition) is 1. The number of aliphatic hydroxyl groups excluding tert-OH is 1. The fourth-order valence-electron chi connectivity index (χ4n) is 5.29. The number of fused-ring (bicyclic) bond motifs is 1. The summed E-state index contributed by atoms with van der Waals surface area (Å²) in [5.74, 6) is 1.73. The maximum atomic E-state index is 12.7. The van der Waals surface area contributed by atoms with E-state index in [1.54, 1.807) is 0 Å². The molecule has 2 aromatic carbocycles. The van der Waals surface area contributed by atoms with Gasteiger partial charge in [0.1, 0.15) is 11.5 Å². The van der Waals surface area contributed by atoms with Gasteiger partial charge in [-0.15, -0.1) is 0 Å². The van der Waals surface area contributed by atoms with Gasteiger partial charge >= 0.3 is 0 Å². The van der Waals surface area contributed by atoms with Crippen LogP contribution in [0.3, 0.4) is 0 Å². The van der Waals surface area contributed by atoms with Crippen LogP contribution in [-0.4, -0.2) is 91.2 Å². The third kappa shape index (κ3) is 6.63. The van der Waals surface area contributed by atoms with Gasteiger partial charge in [0.25, 0.3) is 0 Å². The molecule has 3 fully saturated rings. The van der Waals surface area contributed by atoms with Crippen LogP contribution in [-0.2, 0) is 25.5 Å². The summed E-state index contributed by atoms with van der Waals surface area (Å²) in [4.78, 5) is 16.9. The monoisotopic (exact) mass is 496 g/mol. The summed E-state index contributed by atoms with van der Waals surface area (Å²) in [6.45, 7) is 4.44. The molecule has 36 heavy (non-hydrogen) atoms. The van der Waals surface area contributed by atoms with Crippen molar-refractivity contribution in [2.45, 2.75) is 50.2 Å². The Morgan fingerprint density at radius 3 is 2.47 bits per heavy atom. The fourth-order valence-corrected chi connectivity index (χ4v) is 5.29. The zero-order chi connectivity index (χ0) is 24.7. The molecule has 0 saturated carbocycles. The fraction of sp³-hybridized carbons (Fsp3) is 0.536. The van der Waals surface area contributed by atoms with Crippen molar-refractivity contribution < 1.29 is 28.8 Å². The third-order valence-electron chi connectivity index (χ3n) is 7.14. The number of aliphatic hydroxyl groups is 1. The van der Waals surface area contributed by atoms with Crippen LogP contribution in [0.1, 0.15) is 24.8 Å². The number of ether oxygens (including phenoxy) is 4. The van der Waals surface area contributed by atoms with Crippen LogP contribution in [0.25, 0.3) is 0 Å². The first kappa shape index (κ1) is 25.2. The molecule has 3 heterocycles. The SMILES string of the molecule is O=C(C[C@@H]1CC[C@H]2[C@@H](COC[C@H](O)CN2Cc2ccc(Oc3ccccc3)cc2)O1)N1CCOCC1. The topological polar surface area (TPSA) is 80.7 Å². The van der Waals surface area contributed by atoms with Gasteiger partial charge in [-0.25, -0.2) is 0 Å². The molecule has 5 rings (SSSR count). The van der Waals surface area contributed by atoms with Crippen LogP contribution in [0.15, 0.2) is 54.6 Å². The molecular weight excluding hydrogens is 460 g/mol. The van der Waals surface area contributed by atoms with Crippen LogP contribution in [0.2, 0.25) is 0 Å². The molecule has 0 aliphatic carbocycles. The summed E-state index contributed by atoms with van der Waals surface area (Å²) in [5.41, 5.74) is 1.15. The largest absolute Gasteiger partial charge is 0.457 e. The van der Waals surface area contributed by atoms with Gasteiger partial charge in [-0.05, 0) is 42.7 Å². The number of carbonyl (C=O) groups excluding carboxylic acids is 1. The Morgan fingerprint density at radius 2 is 1.69 bits per heavy atom. The molecule has 0 spiro atoms. The van der Waals surface area contributed by atoms with Crippen molar-refractivity contribution in [1.82, 2.24) is 9.80 Å². The maximum Gasteiger partial charge on any atom is 0.225 e. The minimum absolute atomic E-state index is 0.106. The minimum atomic E-state index is -0.549. The van der Waals surface area contributed by atoms with Gasteiger partial charge in [0.2, 0.25) is 5.91 Å². The van der Waals surface area contributed by atoms with Crippen molar-refractivity contribution in [2.24, 2.45) is 0 Å². The van der Waals surface area contributed by atoms with Crippen LogP contribution >= 0.6 is 0 Å². The van der Waals surface area contributed by atoms with E-state index in [1.165, 1.54) is 0 Å².